The lowest BCUT2D eigenvalue weighted by atomic mass is 9.96. The Morgan fingerprint density at radius 2 is 1.42 bits per heavy atom. The predicted octanol–water partition coefficient (Wildman–Crippen LogP) is 3.37. The third-order valence-corrected chi connectivity index (χ3v) is 4.88. The quantitative estimate of drug-likeness (QED) is 0.713. The van der Waals surface area contributed by atoms with Gasteiger partial charge in [0, 0.05) is 16.9 Å². The predicted molar refractivity (Wildman–Crippen MR) is 99.2 cm³/mol. The standard InChI is InChI=1S/C21H15N3O2/c25-19-15-10-4-6-12-17(15)22-21(23-19)16-11-5-7-13-18(16)24(20(21)26)14-8-2-1-3-9-14/h1-13,22H,(H,23,25). The fourth-order valence-electron chi connectivity index (χ4n) is 3.71. The Morgan fingerprint density at radius 1 is 0.731 bits per heavy atom. The zero-order valence-corrected chi connectivity index (χ0v) is 13.8. The SMILES string of the molecule is O=C1NC2(Nc3ccccc31)C(=O)N(c1ccccc1)c1ccccc12. The molecule has 0 aromatic heterocycles. The van der Waals surface area contributed by atoms with Gasteiger partial charge in [-0.05, 0) is 30.3 Å². The van der Waals surface area contributed by atoms with Crippen LogP contribution in [-0.4, -0.2) is 11.8 Å². The van der Waals surface area contributed by atoms with E-state index in [4.69, 9.17) is 0 Å². The van der Waals surface area contributed by atoms with Crippen LogP contribution in [0.4, 0.5) is 17.1 Å². The summed E-state index contributed by atoms with van der Waals surface area (Å²) in [5.41, 5.74) is 2.12. The van der Waals surface area contributed by atoms with Gasteiger partial charge in [0.1, 0.15) is 0 Å². The highest BCUT2D eigenvalue weighted by Gasteiger charge is 2.54. The first-order valence-corrected chi connectivity index (χ1v) is 8.39. The molecule has 5 rings (SSSR count). The normalized spacial score (nSPS) is 20.4. The third-order valence-electron chi connectivity index (χ3n) is 4.88. The van der Waals surface area contributed by atoms with Gasteiger partial charge in [0.15, 0.2) is 0 Å². The summed E-state index contributed by atoms with van der Waals surface area (Å²) in [6.45, 7) is 0. The van der Waals surface area contributed by atoms with Crippen LogP contribution >= 0.6 is 0 Å². The Kier molecular flexibility index (Phi) is 2.94. The van der Waals surface area contributed by atoms with Crippen molar-refractivity contribution in [3.63, 3.8) is 0 Å². The average molecular weight is 341 g/mol. The van der Waals surface area contributed by atoms with Crippen LogP contribution in [0.1, 0.15) is 15.9 Å². The van der Waals surface area contributed by atoms with Crippen LogP contribution < -0.4 is 15.5 Å². The fourth-order valence-corrected chi connectivity index (χ4v) is 3.71. The van der Waals surface area contributed by atoms with E-state index in [1.165, 1.54) is 0 Å². The van der Waals surface area contributed by atoms with E-state index >= 15 is 0 Å². The molecule has 0 radical (unpaired) electrons. The topological polar surface area (TPSA) is 61.4 Å². The van der Waals surface area contributed by atoms with Crippen molar-refractivity contribution in [1.82, 2.24) is 5.32 Å². The highest BCUT2D eigenvalue weighted by molar-refractivity contribution is 6.18. The molecule has 0 fully saturated rings. The molecule has 2 amide bonds. The van der Waals surface area contributed by atoms with Gasteiger partial charge in [0.05, 0.1) is 11.3 Å². The van der Waals surface area contributed by atoms with E-state index in [9.17, 15) is 9.59 Å². The van der Waals surface area contributed by atoms with E-state index in [1.54, 1.807) is 17.0 Å². The number of carbonyl (C=O) groups is 2. The second-order valence-electron chi connectivity index (χ2n) is 6.37. The molecule has 1 atom stereocenters. The summed E-state index contributed by atoms with van der Waals surface area (Å²) in [5, 5.41) is 6.20. The Bertz CT molecular complexity index is 1050. The molecular weight excluding hydrogens is 326 g/mol. The zero-order chi connectivity index (χ0) is 17.7. The molecule has 1 spiro atoms. The number of nitrogens with one attached hydrogen (secondary N) is 2. The summed E-state index contributed by atoms with van der Waals surface area (Å²) in [5.74, 6) is -0.495. The van der Waals surface area contributed by atoms with Gasteiger partial charge in [-0.1, -0.05) is 48.5 Å². The van der Waals surface area contributed by atoms with E-state index < -0.39 is 5.66 Å². The smallest absolute Gasteiger partial charge is 0.283 e. The van der Waals surface area contributed by atoms with Gasteiger partial charge in [-0.25, -0.2) is 0 Å². The summed E-state index contributed by atoms with van der Waals surface area (Å²) in [6.07, 6.45) is 0. The minimum atomic E-state index is -1.31. The van der Waals surface area contributed by atoms with E-state index in [0.29, 0.717) is 11.3 Å². The molecule has 126 valence electrons. The van der Waals surface area contributed by atoms with Gasteiger partial charge in [0.25, 0.3) is 11.8 Å². The van der Waals surface area contributed by atoms with Crippen molar-refractivity contribution in [2.24, 2.45) is 0 Å². The number of nitrogens with zero attached hydrogens (tertiary/aromatic N) is 1. The molecule has 2 aliphatic rings. The lowest BCUT2D eigenvalue weighted by Crippen LogP contribution is -2.60. The fraction of sp³-hybridized carbons (Fsp3) is 0.0476. The largest absolute Gasteiger partial charge is 0.350 e. The Morgan fingerprint density at radius 3 is 2.27 bits per heavy atom. The number of anilines is 3. The van der Waals surface area contributed by atoms with Crippen molar-refractivity contribution in [3.05, 3.63) is 90.0 Å². The maximum Gasteiger partial charge on any atom is 0.283 e. The van der Waals surface area contributed by atoms with Gasteiger partial charge in [0.2, 0.25) is 5.66 Å². The van der Waals surface area contributed by atoms with Crippen molar-refractivity contribution in [1.29, 1.82) is 0 Å². The van der Waals surface area contributed by atoms with Crippen molar-refractivity contribution < 1.29 is 9.59 Å². The van der Waals surface area contributed by atoms with Crippen LogP contribution in [0.2, 0.25) is 0 Å². The third kappa shape index (κ3) is 1.85. The highest BCUT2D eigenvalue weighted by atomic mass is 16.2. The Hall–Kier alpha value is -3.60. The summed E-state index contributed by atoms with van der Waals surface area (Å²) < 4.78 is 0. The van der Waals surface area contributed by atoms with Crippen molar-refractivity contribution >= 4 is 28.9 Å². The molecule has 3 aromatic rings. The first kappa shape index (κ1) is 14.7. The molecule has 0 saturated carbocycles. The minimum absolute atomic E-state index is 0.229. The molecule has 0 bridgehead atoms. The Balaban J connectivity index is 1.72. The van der Waals surface area contributed by atoms with Crippen molar-refractivity contribution in [3.8, 4) is 0 Å². The molecule has 5 nitrogen and oxygen atoms in total. The Labute approximate surface area is 150 Å². The molecule has 2 heterocycles. The van der Waals surface area contributed by atoms with Gasteiger partial charge in [-0.2, -0.15) is 0 Å². The minimum Gasteiger partial charge on any atom is -0.350 e. The van der Waals surface area contributed by atoms with E-state index in [0.717, 1.165) is 16.9 Å². The number of para-hydroxylation sites is 3. The van der Waals surface area contributed by atoms with Crippen LogP contribution in [0.25, 0.3) is 0 Å². The number of rotatable bonds is 1. The van der Waals surface area contributed by atoms with Gasteiger partial charge >= 0.3 is 0 Å². The van der Waals surface area contributed by atoms with Gasteiger partial charge in [-0.3, -0.25) is 14.5 Å². The molecule has 26 heavy (non-hydrogen) atoms. The number of carbonyl (C=O) groups excluding carboxylic acids is 2. The lowest BCUT2D eigenvalue weighted by Gasteiger charge is -2.36. The number of hydrogen-bond acceptors (Lipinski definition) is 3. The zero-order valence-electron chi connectivity index (χ0n) is 13.8. The number of amides is 2. The number of hydrogen-bond donors (Lipinski definition) is 2. The van der Waals surface area contributed by atoms with E-state index in [-0.39, 0.29) is 11.8 Å². The van der Waals surface area contributed by atoms with E-state index in [2.05, 4.69) is 10.6 Å². The first-order valence-electron chi connectivity index (χ1n) is 8.39. The van der Waals surface area contributed by atoms with Crippen LogP contribution in [0.5, 0.6) is 0 Å². The van der Waals surface area contributed by atoms with E-state index in [1.807, 2.05) is 66.7 Å². The lowest BCUT2D eigenvalue weighted by molar-refractivity contribution is -0.122. The summed E-state index contributed by atoms with van der Waals surface area (Å²) in [4.78, 5) is 27.9. The summed E-state index contributed by atoms with van der Waals surface area (Å²) in [6, 6.07) is 24.2. The van der Waals surface area contributed by atoms with Crippen LogP contribution in [0.15, 0.2) is 78.9 Å². The van der Waals surface area contributed by atoms with Gasteiger partial charge in [-0.15, -0.1) is 0 Å². The molecule has 2 N–H and O–H groups in total. The maximum absolute atomic E-state index is 13.5. The molecule has 0 saturated heterocycles. The summed E-state index contributed by atoms with van der Waals surface area (Å²) >= 11 is 0. The average Bonchev–Trinajstić information content (AvgIpc) is 2.91. The molecule has 1 unspecified atom stereocenters. The second-order valence-corrected chi connectivity index (χ2v) is 6.37. The molecule has 0 aliphatic carbocycles. The van der Waals surface area contributed by atoms with Crippen LogP contribution in [-0.2, 0) is 10.5 Å². The van der Waals surface area contributed by atoms with Crippen molar-refractivity contribution in [2.45, 2.75) is 5.66 Å². The van der Waals surface area contributed by atoms with Crippen LogP contribution in [0.3, 0.4) is 0 Å². The second kappa shape index (κ2) is 5.20. The van der Waals surface area contributed by atoms with Crippen LogP contribution in [0, 0.1) is 0 Å². The first-order chi connectivity index (χ1) is 12.7. The number of benzene rings is 3. The highest BCUT2D eigenvalue weighted by Crippen LogP contribution is 2.46. The van der Waals surface area contributed by atoms with Gasteiger partial charge < -0.3 is 10.6 Å². The number of fused-ring (bicyclic) bond motifs is 3. The monoisotopic (exact) mass is 341 g/mol. The molecular formula is C21H15N3O2. The molecule has 5 heteroatoms. The molecule has 2 aliphatic heterocycles. The molecule has 3 aromatic carbocycles. The van der Waals surface area contributed by atoms with Crippen molar-refractivity contribution in [2.75, 3.05) is 10.2 Å². The summed E-state index contributed by atoms with van der Waals surface area (Å²) in [7, 11) is 0. The maximum atomic E-state index is 13.5.